The van der Waals surface area contributed by atoms with Crippen LogP contribution >= 0.6 is 39.1 Å². The van der Waals surface area contributed by atoms with E-state index in [-0.39, 0.29) is 41.2 Å². The molecule has 2 aromatic rings. The van der Waals surface area contributed by atoms with Crippen molar-refractivity contribution in [1.29, 1.82) is 0 Å². The molecule has 1 unspecified atom stereocenters. The van der Waals surface area contributed by atoms with Gasteiger partial charge in [-0.15, -0.1) is 0 Å². The minimum atomic E-state index is -1.23. The maximum Gasteiger partial charge on any atom is 0.339 e. The molecule has 1 atom stereocenters. The number of carbonyl (C=O) groups excluding carboxylic acids is 3. The highest BCUT2D eigenvalue weighted by Gasteiger charge is 2.63. The number of carbonyl (C=O) groups is 3. The Labute approximate surface area is 173 Å². The van der Waals surface area contributed by atoms with E-state index < -0.39 is 17.5 Å². The zero-order valence-corrected chi connectivity index (χ0v) is 16.9. The van der Waals surface area contributed by atoms with Gasteiger partial charge < -0.3 is 0 Å². The lowest BCUT2D eigenvalue weighted by Crippen LogP contribution is -2.48. The predicted octanol–water partition coefficient (Wildman–Crippen LogP) is 4.22. The second-order valence-corrected chi connectivity index (χ2v) is 8.15. The molecule has 0 saturated carbocycles. The number of aromatic nitrogens is 1. The molecular formula is C18H12BrCl2N3O3. The fourth-order valence-corrected chi connectivity index (χ4v) is 4.37. The van der Waals surface area contributed by atoms with Crippen molar-refractivity contribution in [2.75, 3.05) is 4.90 Å². The van der Waals surface area contributed by atoms with Crippen LogP contribution in [-0.4, -0.2) is 33.3 Å². The molecule has 4 amide bonds. The van der Waals surface area contributed by atoms with Gasteiger partial charge >= 0.3 is 6.03 Å². The van der Waals surface area contributed by atoms with Crippen molar-refractivity contribution in [2.45, 2.75) is 24.8 Å². The molecule has 2 fully saturated rings. The number of urea groups is 1. The van der Waals surface area contributed by atoms with Gasteiger partial charge in [-0.05, 0) is 36.2 Å². The number of anilines is 1. The SMILES string of the molecule is O=C1CCC2(Cc3ccc(Br)cc3)C(=O)N(c3cc(Cl)nc(Cl)c3)C(=O)N12. The van der Waals surface area contributed by atoms with E-state index in [4.69, 9.17) is 23.2 Å². The number of nitrogens with zero attached hydrogens (tertiary/aromatic N) is 3. The van der Waals surface area contributed by atoms with Crippen molar-refractivity contribution in [3.05, 3.63) is 56.7 Å². The highest BCUT2D eigenvalue weighted by Crippen LogP contribution is 2.43. The van der Waals surface area contributed by atoms with E-state index in [1.165, 1.54) is 12.1 Å². The molecule has 2 aliphatic rings. The van der Waals surface area contributed by atoms with Crippen LogP contribution in [0.25, 0.3) is 0 Å². The maximum atomic E-state index is 13.4. The summed E-state index contributed by atoms with van der Waals surface area (Å²) in [5, 5.41) is 0.108. The van der Waals surface area contributed by atoms with Gasteiger partial charge in [-0.3, -0.25) is 9.59 Å². The Morgan fingerprint density at radius 2 is 1.70 bits per heavy atom. The van der Waals surface area contributed by atoms with Gasteiger partial charge in [-0.2, -0.15) is 0 Å². The summed E-state index contributed by atoms with van der Waals surface area (Å²) in [6.07, 6.45) is 0.675. The Balaban J connectivity index is 1.78. The molecule has 0 aliphatic carbocycles. The topological polar surface area (TPSA) is 70.6 Å². The molecule has 0 spiro atoms. The van der Waals surface area contributed by atoms with Gasteiger partial charge in [-0.25, -0.2) is 19.6 Å². The number of rotatable bonds is 3. The molecule has 3 heterocycles. The Bertz CT molecular complexity index is 962. The summed E-state index contributed by atoms with van der Waals surface area (Å²) in [6, 6.07) is 9.51. The standard InChI is InChI=1S/C18H12BrCl2N3O3/c19-11-3-1-10(2-4-11)9-18-6-5-15(25)24(18)17(27)23(16(18)26)12-7-13(20)22-14(21)8-12/h1-4,7-8H,5-6,9H2. The van der Waals surface area contributed by atoms with Crippen LogP contribution in [0.3, 0.4) is 0 Å². The molecule has 27 heavy (non-hydrogen) atoms. The Morgan fingerprint density at radius 3 is 2.33 bits per heavy atom. The number of fused-ring (bicyclic) bond motifs is 1. The fourth-order valence-electron chi connectivity index (χ4n) is 3.66. The lowest BCUT2D eigenvalue weighted by molar-refractivity contribution is -0.132. The van der Waals surface area contributed by atoms with Crippen LogP contribution in [0.4, 0.5) is 10.5 Å². The average molecular weight is 469 g/mol. The van der Waals surface area contributed by atoms with Crippen molar-refractivity contribution in [1.82, 2.24) is 9.88 Å². The van der Waals surface area contributed by atoms with Crippen molar-refractivity contribution in [2.24, 2.45) is 0 Å². The zero-order chi connectivity index (χ0) is 19.3. The lowest BCUT2D eigenvalue weighted by Gasteiger charge is -2.26. The lowest BCUT2D eigenvalue weighted by atomic mass is 9.88. The van der Waals surface area contributed by atoms with E-state index in [9.17, 15) is 14.4 Å². The van der Waals surface area contributed by atoms with Crippen LogP contribution in [0.15, 0.2) is 40.9 Å². The van der Waals surface area contributed by atoms with Crippen molar-refractivity contribution >= 4 is 62.7 Å². The minimum absolute atomic E-state index is 0.0541. The second kappa shape index (κ2) is 6.58. The van der Waals surface area contributed by atoms with Gasteiger partial charge in [-0.1, -0.05) is 51.3 Å². The predicted molar refractivity (Wildman–Crippen MR) is 104 cm³/mol. The normalized spacial score (nSPS) is 22.0. The van der Waals surface area contributed by atoms with E-state index in [0.717, 1.165) is 19.8 Å². The molecule has 1 aromatic heterocycles. The van der Waals surface area contributed by atoms with E-state index in [1.54, 1.807) is 0 Å². The van der Waals surface area contributed by atoms with Gasteiger partial charge in [0.15, 0.2) is 0 Å². The largest absolute Gasteiger partial charge is 0.339 e. The summed E-state index contributed by atoms with van der Waals surface area (Å²) in [5.74, 6) is -0.821. The van der Waals surface area contributed by atoms with Crippen LogP contribution in [0.5, 0.6) is 0 Å². The molecule has 2 aliphatic heterocycles. The highest BCUT2D eigenvalue weighted by atomic mass is 79.9. The Kier molecular flexibility index (Phi) is 4.49. The van der Waals surface area contributed by atoms with E-state index >= 15 is 0 Å². The van der Waals surface area contributed by atoms with Crippen LogP contribution in [0.1, 0.15) is 18.4 Å². The summed E-state index contributed by atoms with van der Waals surface area (Å²) < 4.78 is 0.902. The van der Waals surface area contributed by atoms with E-state index in [0.29, 0.717) is 0 Å². The monoisotopic (exact) mass is 467 g/mol. The molecule has 138 valence electrons. The number of pyridine rings is 1. The van der Waals surface area contributed by atoms with Crippen LogP contribution in [0.2, 0.25) is 10.3 Å². The quantitative estimate of drug-likeness (QED) is 0.499. The van der Waals surface area contributed by atoms with E-state index in [1.807, 2.05) is 24.3 Å². The average Bonchev–Trinajstić information content (AvgIpc) is 3.03. The minimum Gasteiger partial charge on any atom is -0.274 e. The molecule has 2 saturated heterocycles. The van der Waals surface area contributed by atoms with E-state index in [2.05, 4.69) is 20.9 Å². The number of halogens is 3. The number of hydrogen-bond acceptors (Lipinski definition) is 4. The number of hydrogen-bond donors (Lipinski definition) is 0. The molecule has 9 heteroatoms. The van der Waals surface area contributed by atoms with Crippen molar-refractivity contribution in [3.63, 3.8) is 0 Å². The third kappa shape index (κ3) is 2.94. The fraction of sp³-hybridized carbons (Fsp3) is 0.222. The van der Waals surface area contributed by atoms with Gasteiger partial charge in [0.05, 0.1) is 5.69 Å². The van der Waals surface area contributed by atoms with Gasteiger partial charge in [0.2, 0.25) is 5.91 Å². The van der Waals surface area contributed by atoms with Gasteiger partial charge in [0.25, 0.3) is 5.91 Å². The summed E-state index contributed by atoms with van der Waals surface area (Å²) in [6.45, 7) is 0. The Morgan fingerprint density at radius 1 is 1.07 bits per heavy atom. The first-order chi connectivity index (χ1) is 12.8. The van der Waals surface area contributed by atoms with Crippen LogP contribution in [0, 0.1) is 0 Å². The molecule has 6 nitrogen and oxygen atoms in total. The first kappa shape index (κ1) is 18.4. The van der Waals surface area contributed by atoms with Gasteiger partial charge in [0.1, 0.15) is 15.8 Å². The maximum absolute atomic E-state index is 13.4. The summed E-state index contributed by atoms with van der Waals surface area (Å²) in [7, 11) is 0. The first-order valence-corrected chi connectivity index (χ1v) is 9.66. The van der Waals surface area contributed by atoms with Gasteiger partial charge in [0, 0.05) is 17.3 Å². The van der Waals surface area contributed by atoms with Crippen LogP contribution in [-0.2, 0) is 16.0 Å². The van der Waals surface area contributed by atoms with Crippen molar-refractivity contribution < 1.29 is 14.4 Å². The number of amides is 4. The Hall–Kier alpha value is -1.96. The first-order valence-electron chi connectivity index (χ1n) is 8.11. The smallest absolute Gasteiger partial charge is 0.274 e. The molecule has 0 radical (unpaired) electrons. The summed E-state index contributed by atoms with van der Waals surface area (Å²) in [5.41, 5.74) is -0.177. The summed E-state index contributed by atoms with van der Waals surface area (Å²) in [4.78, 5) is 44.6. The molecular weight excluding hydrogens is 457 g/mol. The summed E-state index contributed by atoms with van der Waals surface area (Å²) >= 11 is 15.2. The third-order valence-corrected chi connectivity index (χ3v) is 5.75. The van der Waals surface area contributed by atoms with Crippen LogP contribution < -0.4 is 4.90 Å². The highest BCUT2D eigenvalue weighted by molar-refractivity contribution is 9.10. The molecule has 1 aromatic carbocycles. The third-order valence-electron chi connectivity index (χ3n) is 4.83. The zero-order valence-electron chi connectivity index (χ0n) is 13.8. The molecule has 4 rings (SSSR count). The molecule has 0 bridgehead atoms. The molecule has 0 N–H and O–H groups in total. The second-order valence-electron chi connectivity index (χ2n) is 6.46. The number of benzene rings is 1. The van der Waals surface area contributed by atoms with Crippen molar-refractivity contribution in [3.8, 4) is 0 Å². The number of imide groups is 2.